The lowest BCUT2D eigenvalue weighted by molar-refractivity contribution is -0.131. The molecule has 5 nitrogen and oxygen atoms in total. The van der Waals surface area contributed by atoms with Gasteiger partial charge in [0.05, 0.1) is 0 Å². The average molecular weight is 158 g/mol. The predicted octanol–water partition coefficient (Wildman–Crippen LogP) is -0.732. The zero-order chi connectivity index (χ0) is 8.69. The van der Waals surface area contributed by atoms with Crippen LogP contribution in [0.5, 0.6) is 0 Å². The molecule has 0 bridgehead atoms. The van der Waals surface area contributed by atoms with Crippen molar-refractivity contribution in [3.05, 3.63) is 12.7 Å². The Morgan fingerprint density at radius 3 is 2.36 bits per heavy atom. The molecule has 0 aromatic heterocycles. The molecule has 1 fully saturated rings. The number of carbonyl (C=O) groups excluding carboxylic acids is 1. The maximum Gasteiger partial charge on any atom is 0.327 e. The molecular formula is C6H10N2O3. The summed E-state index contributed by atoms with van der Waals surface area (Å²) in [5, 5.41) is 7.60. The van der Waals surface area contributed by atoms with Crippen molar-refractivity contribution in [2.45, 2.75) is 6.42 Å². The number of carboxylic acids is 1. The van der Waals surface area contributed by atoms with Gasteiger partial charge in [0.2, 0.25) is 5.91 Å². The molecule has 0 aromatic rings. The summed E-state index contributed by atoms with van der Waals surface area (Å²) in [6.07, 6.45) is 1.46. The summed E-state index contributed by atoms with van der Waals surface area (Å²) in [5.41, 5.74) is 5.10. The number of hydrogen-bond acceptors (Lipinski definition) is 3. The van der Waals surface area contributed by atoms with Gasteiger partial charge in [-0.05, 0) is 0 Å². The van der Waals surface area contributed by atoms with Gasteiger partial charge >= 0.3 is 5.97 Å². The minimum absolute atomic E-state index is 0.0926. The molecule has 1 rings (SSSR count). The molecule has 0 radical (unpaired) electrons. The van der Waals surface area contributed by atoms with Crippen LogP contribution < -0.4 is 10.9 Å². The van der Waals surface area contributed by atoms with E-state index in [1.165, 1.54) is 0 Å². The van der Waals surface area contributed by atoms with Crippen molar-refractivity contribution in [1.82, 2.24) is 10.9 Å². The first-order chi connectivity index (χ1) is 5.16. The van der Waals surface area contributed by atoms with Crippen molar-refractivity contribution in [2.24, 2.45) is 0 Å². The second-order valence-electron chi connectivity index (χ2n) is 1.77. The van der Waals surface area contributed by atoms with Crippen LogP contribution in [0.1, 0.15) is 6.42 Å². The third kappa shape index (κ3) is 6.53. The van der Waals surface area contributed by atoms with E-state index in [0.29, 0.717) is 6.42 Å². The monoisotopic (exact) mass is 158 g/mol. The summed E-state index contributed by atoms with van der Waals surface area (Å²) in [6, 6.07) is 0. The average Bonchev–Trinajstić information content (AvgIpc) is 2.41. The number of hydrogen-bond donors (Lipinski definition) is 3. The Hall–Kier alpha value is -1.36. The van der Waals surface area contributed by atoms with E-state index >= 15 is 0 Å². The Bertz CT molecular complexity index is 159. The standard InChI is InChI=1S/C3H6N2O.C3H4O2/c6-3-1-2-4-5-3;1-2-3(4)5/h4H,1-2H2,(H,5,6);2H,1H2,(H,4,5). The van der Waals surface area contributed by atoms with Gasteiger partial charge in [-0.2, -0.15) is 0 Å². The zero-order valence-electron chi connectivity index (χ0n) is 5.96. The van der Waals surface area contributed by atoms with Crippen molar-refractivity contribution < 1.29 is 14.7 Å². The molecule has 0 aliphatic carbocycles. The fourth-order valence-electron chi connectivity index (χ4n) is 0.400. The Morgan fingerprint density at radius 1 is 1.73 bits per heavy atom. The Balaban J connectivity index is 0.000000187. The van der Waals surface area contributed by atoms with Crippen LogP contribution in [-0.2, 0) is 9.59 Å². The molecule has 1 amide bonds. The van der Waals surface area contributed by atoms with E-state index in [0.717, 1.165) is 12.6 Å². The lowest BCUT2D eigenvalue weighted by Crippen LogP contribution is -2.25. The topological polar surface area (TPSA) is 78.4 Å². The minimum Gasteiger partial charge on any atom is -0.478 e. The fourth-order valence-corrected chi connectivity index (χ4v) is 0.400. The van der Waals surface area contributed by atoms with Crippen molar-refractivity contribution in [2.75, 3.05) is 6.54 Å². The molecule has 0 aromatic carbocycles. The summed E-state index contributed by atoms with van der Waals surface area (Å²) in [4.78, 5) is 19.3. The first-order valence-corrected chi connectivity index (χ1v) is 3.04. The summed E-state index contributed by atoms with van der Waals surface area (Å²) in [7, 11) is 0. The predicted molar refractivity (Wildman–Crippen MR) is 38.6 cm³/mol. The maximum atomic E-state index is 10.1. The molecule has 5 heteroatoms. The Labute approximate surface area is 64.1 Å². The van der Waals surface area contributed by atoms with Gasteiger partial charge in [0.25, 0.3) is 0 Å². The molecule has 1 aliphatic rings. The van der Waals surface area contributed by atoms with Crippen molar-refractivity contribution in [3.8, 4) is 0 Å². The van der Waals surface area contributed by atoms with Crippen molar-refractivity contribution >= 4 is 11.9 Å². The molecule has 1 aliphatic heterocycles. The normalized spacial score (nSPS) is 14.4. The summed E-state index contributed by atoms with van der Waals surface area (Å²) in [5.74, 6) is -0.889. The molecule has 0 spiro atoms. The Morgan fingerprint density at radius 2 is 2.27 bits per heavy atom. The van der Waals surface area contributed by atoms with Gasteiger partial charge < -0.3 is 5.11 Å². The molecule has 62 valence electrons. The number of aliphatic carboxylic acids is 1. The number of carboxylic acid groups (broad SMARTS) is 1. The third-order valence-electron chi connectivity index (χ3n) is 0.879. The van der Waals surface area contributed by atoms with Gasteiger partial charge in [-0.3, -0.25) is 10.2 Å². The van der Waals surface area contributed by atoms with Crippen LogP contribution in [0.2, 0.25) is 0 Å². The van der Waals surface area contributed by atoms with E-state index < -0.39 is 5.97 Å². The quantitative estimate of drug-likeness (QED) is 0.439. The first-order valence-electron chi connectivity index (χ1n) is 3.04. The highest BCUT2D eigenvalue weighted by Gasteiger charge is 2.04. The molecular weight excluding hydrogens is 148 g/mol. The molecule has 1 heterocycles. The second-order valence-corrected chi connectivity index (χ2v) is 1.77. The van der Waals surface area contributed by atoms with Crippen molar-refractivity contribution in [1.29, 1.82) is 0 Å². The molecule has 1 saturated heterocycles. The van der Waals surface area contributed by atoms with Crippen LogP contribution in [0.3, 0.4) is 0 Å². The molecule has 0 atom stereocenters. The first kappa shape index (κ1) is 9.64. The van der Waals surface area contributed by atoms with Gasteiger partial charge in [0.15, 0.2) is 0 Å². The van der Waals surface area contributed by atoms with E-state index in [1.807, 2.05) is 0 Å². The van der Waals surface area contributed by atoms with E-state index in [2.05, 4.69) is 17.4 Å². The molecule has 3 N–H and O–H groups in total. The SMILES string of the molecule is C=CC(=O)O.O=C1CCNN1. The lowest BCUT2D eigenvalue weighted by Gasteiger charge is -1.83. The van der Waals surface area contributed by atoms with Crippen LogP contribution in [0.25, 0.3) is 0 Å². The highest BCUT2D eigenvalue weighted by Crippen LogP contribution is 1.79. The van der Waals surface area contributed by atoms with Gasteiger partial charge in [0.1, 0.15) is 0 Å². The lowest BCUT2D eigenvalue weighted by atomic mass is 10.5. The fraction of sp³-hybridized carbons (Fsp3) is 0.333. The number of rotatable bonds is 1. The highest BCUT2D eigenvalue weighted by atomic mass is 16.4. The van der Waals surface area contributed by atoms with Crippen LogP contribution in [0, 0.1) is 0 Å². The summed E-state index contributed by atoms with van der Waals surface area (Å²) >= 11 is 0. The number of nitrogens with one attached hydrogen (secondary N) is 2. The molecule has 11 heavy (non-hydrogen) atoms. The van der Waals surface area contributed by atoms with Gasteiger partial charge in [-0.25, -0.2) is 10.2 Å². The minimum atomic E-state index is -0.981. The Kier molecular flexibility index (Phi) is 4.76. The largest absolute Gasteiger partial charge is 0.478 e. The van der Waals surface area contributed by atoms with Crippen molar-refractivity contribution in [3.63, 3.8) is 0 Å². The van der Waals surface area contributed by atoms with E-state index in [1.54, 1.807) is 0 Å². The van der Waals surface area contributed by atoms with Gasteiger partial charge in [-0.15, -0.1) is 0 Å². The second kappa shape index (κ2) is 5.43. The number of amides is 1. The number of hydrazine groups is 1. The van der Waals surface area contributed by atoms with Crippen LogP contribution in [0.15, 0.2) is 12.7 Å². The van der Waals surface area contributed by atoms with Gasteiger partial charge in [0, 0.05) is 19.0 Å². The van der Waals surface area contributed by atoms with Crippen LogP contribution in [0.4, 0.5) is 0 Å². The van der Waals surface area contributed by atoms with E-state index in [4.69, 9.17) is 5.11 Å². The molecule has 0 unspecified atom stereocenters. The smallest absolute Gasteiger partial charge is 0.327 e. The third-order valence-corrected chi connectivity index (χ3v) is 0.879. The zero-order valence-corrected chi connectivity index (χ0v) is 5.96. The van der Waals surface area contributed by atoms with E-state index in [9.17, 15) is 9.59 Å². The van der Waals surface area contributed by atoms with E-state index in [-0.39, 0.29) is 5.91 Å². The number of carbonyl (C=O) groups is 2. The summed E-state index contributed by atoms with van der Waals surface area (Å²) in [6.45, 7) is 3.74. The maximum absolute atomic E-state index is 10.1. The van der Waals surface area contributed by atoms with Gasteiger partial charge in [-0.1, -0.05) is 6.58 Å². The summed E-state index contributed by atoms with van der Waals surface area (Å²) < 4.78 is 0. The molecule has 0 saturated carbocycles. The van der Waals surface area contributed by atoms with Crippen LogP contribution >= 0.6 is 0 Å². The van der Waals surface area contributed by atoms with Crippen LogP contribution in [-0.4, -0.2) is 23.5 Å². The highest BCUT2D eigenvalue weighted by molar-refractivity contribution is 5.78.